The summed E-state index contributed by atoms with van der Waals surface area (Å²) in [4.78, 5) is 0. The van der Waals surface area contributed by atoms with Gasteiger partial charge in [0.2, 0.25) is 0 Å². The first-order valence-corrected chi connectivity index (χ1v) is 8.17. The zero-order chi connectivity index (χ0) is 15.3. The molecule has 1 heterocycles. The molecule has 2 rings (SSSR count). The molecule has 1 saturated heterocycles. The van der Waals surface area contributed by atoms with Crippen LogP contribution in [0.5, 0.6) is 0 Å². The van der Waals surface area contributed by atoms with Crippen LogP contribution >= 0.6 is 22.6 Å². The number of benzene rings is 1. The van der Waals surface area contributed by atoms with Gasteiger partial charge in [-0.1, -0.05) is 30.4 Å². The SMILES string of the molecule is C#CCC1(CC=Cc2ccccc2I)COC(C)(C)OC1. The van der Waals surface area contributed by atoms with Crippen molar-refractivity contribution in [3.05, 3.63) is 39.5 Å². The number of rotatable bonds is 4. The lowest BCUT2D eigenvalue weighted by Gasteiger charge is -2.42. The highest BCUT2D eigenvalue weighted by Crippen LogP contribution is 2.36. The predicted molar refractivity (Wildman–Crippen MR) is 94.7 cm³/mol. The molecule has 0 aliphatic carbocycles. The molecule has 1 aromatic carbocycles. The van der Waals surface area contributed by atoms with Gasteiger partial charge in [-0.3, -0.25) is 0 Å². The molecule has 1 aromatic rings. The first kappa shape index (κ1) is 16.5. The van der Waals surface area contributed by atoms with Gasteiger partial charge in [0.1, 0.15) is 0 Å². The maximum atomic E-state index is 5.81. The maximum Gasteiger partial charge on any atom is 0.162 e. The third-order valence-corrected chi connectivity index (χ3v) is 4.66. The third-order valence-electron chi connectivity index (χ3n) is 3.68. The van der Waals surface area contributed by atoms with E-state index in [1.807, 2.05) is 26.0 Å². The van der Waals surface area contributed by atoms with E-state index in [4.69, 9.17) is 15.9 Å². The van der Waals surface area contributed by atoms with Crippen LogP contribution in [-0.2, 0) is 9.47 Å². The van der Waals surface area contributed by atoms with E-state index in [9.17, 15) is 0 Å². The van der Waals surface area contributed by atoms with Gasteiger partial charge < -0.3 is 9.47 Å². The van der Waals surface area contributed by atoms with Crippen LogP contribution in [0.2, 0.25) is 0 Å². The van der Waals surface area contributed by atoms with E-state index >= 15 is 0 Å². The summed E-state index contributed by atoms with van der Waals surface area (Å²) in [5, 5.41) is 0. The Kier molecular flexibility index (Phi) is 5.48. The van der Waals surface area contributed by atoms with Crippen LogP contribution in [0.15, 0.2) is 30.3 Å². The fourth-order valence-electron chi connectivity index (χ4n) is 2.29. The quantitative estimate of drug-likeness (QED) is 0.552. The molecular weight excluding hydrogens is 375 g/mol. The highest BCUT2D eigenvalue weighted by molar-refractivity contribution is 14.1. The van der Waals surface area contributed by atoms with Gasteiger partial charge in [0.05, 0.1) is 13.2 Å². The van der Waals surface area contributed by atoms with Crippen LogP contribution in [0, 0.1) is 21.3 Å². The molecule has 0 unspecified atom stereocenters. The number of allylic oxidation sites excluding steroid dienone is 1. The van der Waals surface area contributed by atoms with E-state index in [-0.39, 0.29) is 5.41 Å². The van der Waals surface area contributed by atoms with Crippen LogP contribution in [0.4, 0.5) is 0 Å². The highest BCUT2D eigenvalue weighted by Gasteiger charge is 2.38. The molecule has 1 fully saturated rings. The van der Waals surface area contributed by atoms with E-state index in [0.29, 0.717) is 19.6 Å². The van der Waals surface area contributed by atoms with Crippen molar-refractivity contribution in [1.82, 2.24) is 0 Å². The van der Waals surface area contributed by atoms with Crippen molar-refractivity contribution in [3.63, 3.8) is 0 Å². The second-order valence-corrected chi connectivity index (χ2v) is 7.15. The minimum atomic E-state index is -0.503. The average molecular weight is 396 g/mol. The molecule has 3 heteroatoms. The van der Waals surface area contributed by atoms with Crippen molar-refractivity contribution in [2.45, 2.75) is 32.5 Å². The van der Waals surface area contributed by atoms with E-state index < -0.39 is 5.79 Å². The van der Waals surface area contributed by atoms with Gasteiger partial charge in [-0.25, -0.2) is 0 Å². The molecule has 0 atom stereocenters. The number of ether oxygens (including phenoxy) is 2. The third kappa shape index (κ3) is 4.57. The van der Waals surface area contributed by atoms with Crippen molar-refractivity contribution in [2.24, 2.45) is 5.41 Å². The standard InChI is InChI=1S/C18H21IO2/c1-4-11-18(13-20-17(2,3)21-14-18)12-7-9-15-8-5-6-10-16(15)19/h1,5-10H,11-14H2,2-3H3. The van der Waals surface area contributed by atoms with Gasteiger partial charge in [0, 0.05) is 15.4 Å². The second-order valence-electron chi connectivity index (χ2n) is 5.99. The molecule has 0 amide bonds. The zero-order valence-corrected chi connectivity index (χ0v) is 14.7. The Morgan fingerprint density at radius 3 is 2.57 bits per heavy atom. The summed E-state index contributed by atoms with van der Waals surface area (Å²) in [7, 11) is 0. The Labute approximate surface area is 141 Å². The van der Waals surface area contributed by atoms with Crippen LogP contribution < -0.4 is 0 Å². The van der Waals surface area contributed by atoms with Crippen LogP contribution in [0.1, 0.15) is 32.3 Å². The number of terminal acetylenes is 1. The summed E-state index contributed by atoms with van der Waals surface area (Å²) in [6.07, 6.45) is 11.4. The van der Waals surface area contributed by atoms with E-state index in [1.165, 1.54) is 9.13 Å². The Balaban J connectivity index is 2.05. The fourth-order valence-corrected chi connectivity index (χ4v) is 2.86. The lowest BCUT2D eigenvalue weighted by atomic mass is 9.82. The summed E-state index contributed by atoms with van der Waals surface area (Å²) < 4.78 is 12.9. The fraction of sp³-hybridized carbons (Fsp3) is 0.444. The summed E-state index contributed by atoms with van der Waals surface area (Å²) in [6.45, 7) is 5.16. The molecule has 1 aliphatic rings. The molecule has 0 N–H and O–H groups in total. The Morgan fingerprint density at radius 1 is 1.29 bits per heavy atom. The van der Waals surface area contributed by atoms with Crippen LogP contribution in [0.3, 0.4) is 0 Å². The molecule has 2 nitrogen and oxygen atoms in total. The molecule has 1 aliphatic heterocycles. The van der Waals surface area contributed by atoms with Crippen LogP contribution in [0.25, 0.3) is 6.08 Å². The summed E-state index contributed by atoms with van der Waals surface area (Å²) >= 11 is 2.35. The molecule has 0 bridgehead atoms. The average Bonchev–Trinajstić information content (AvgIpc) is 2.45. The van der Waals surface area contributed by atoms with E-state index in [2.05, 4.69) is 52.8 Å². The Hall–Kier alpha value is -0.830. The van der Waals surface area contributed by atoms with Gasteiger partial charge >= 0.3 is 0 Å². The summed E-state index contributed by atoms with van der Waals surface area (Å²) in [6, 6.07) is 8.31. The lowest BCUT2D eigenvalue weighted by molar-refractivity contribution is -0.284. The van der Waals surface area contributed by atoms with Gasteiger partial charge in [-0.05, 0) is 54.5 Å². The molecular formula is C18H21IO2. The van der Waals surface area contributed by atoms with E-state index in [0.717, 1.165) is 6.42 Å². The second kappa shape index (κ2) is 6.95. The zero-order valence-electron chi connectivity index (χ0n) is 12.6. The van der Waals surface area contributed by atoms with Crippen molar-refractivity contribution < 1.29 is 9.47 Å². The number of hydrogen-bond donors (Lipinski definition) is 0. The Bertz CT molecular complexity index is 545. The lowest BCUT2D eigenvalue weighted by Crippen LogP contribution is -2.46. The van der Waals surface area contributed by atoms with Crippen molar-refractivity contribution in [1.29, 1.82) is 0 Å². The first-order valence-electron chi connectivity index (χ1n) is 7.09. The minimum Gasteiger partial charge on any atom is -0.350 e. The number of hydrogen-bond acceptors (Lipinski definition) is 2. The molecule has 0 spiro atoms. The minimum absolute atomic E-state index is 0.110. The van der Waals surface area contributed by atoms with Crippen molar-refractivity contribution in [2.75, 3.05) is 13.2 Å². The van der Waals surface area contributed by atoms with Gasteiger partial charge in [-0.15, -0.1) is 12.3 Å². The normalized spacial score (nSPS) is 20.3. The largest absolute Gasteiger partial charge is 0.350 e. The first-order chi connectivity index (χ1) is 9.96. The maximum absolute atomic E-state index is 5.81. The summed E-state index contributed by atoms with van der Waals surface area (Å²) in [5.74, 6) is 2.27. The monoisotopic (exact) mass is 396 g/mol. The molecule has 0 aromatic heterocycles. The molecule has 0 saturated carbocycles. The topological polar surface area (TPSA) is 18.5 Å². The van der Waals surface area contributed by atoms with Crippen molar-refractivity contribution in [3.8, 4) is 12.3 Å². The Morgan fingerprint density at radius 2 is 1.95 bits per heavy atom. The van der Waals surface area contributed by atoms with Crippen molar-refractivity contribution >= 4 is 28.7 Å². The van der Waals surface area contributed by atoms with Gasteiger partial charge in [0.25, 0.3) is 0 Å². The highest BCUT2D eigenvalue weighted by atomic mass is 127. The number of halogens is 1. The predicted octanol–water partition coefficient (Wildman–Crippen LogP) is 4.49. The van der Waals surface area contributed by atoms with E-state index in [1.54, 1.807) is 0 Å². The molecule has 0 radical (unpaired) electrons. The van der Waals surface area contributed by atoms with Crippen LogP contribution in [-0.4, -0.2) is 19.0 Å². The molecule has 21 heavy (non-hydrogen) atoms. The smallest absolute Gasteiger partial charge is 0.162 e. The van der Waals surface area contributed by atoms with Gasteiger partial charge in [-0.2, -0.15) is 0 Å². The van der Waals surface area contributed by atoms with Gasteiger partial charge in [0.15, 0.2) is 5.79 Å². The molecule has 112 valence electrons. The summed E-state index contributed by atoms with van der Waals surface area (Å²) in [5.41, 5.74) is 1.12.